The van der Waals surface area contributed by atoms with Crippen LogP contribution < -0.4 is 5.32 Å². The van der Waals surface area contributed by atoms with Crippen LogP contribution in [0.25, 0.3) is 0 Å². The number of aldehydes is 1. The fourth-order valence-corrected chi connectivity index (χ4v) is 6.05. The predicted octanol–water partition coefficient (Wildman–Crippen LogP) is 5.95. The van der Waals surface area contributed by atoms with Crippen molar-refractivity contribution in [2.24, 2.45) is 0 Å². The molecule has 1 unspecified atom stereocenters. The number of carbonyl (C=O) groups is 1. The van der Waals surface area contributed by atoms with Gasteiger partial charge in [-0.25, -0.2) is 9.37 Å². The summed E-state index contributed by atoms with van der Waals surface area (Å²) in [6, 6.07) is 8.70. The molecule has 0 bridgehead atoms. The molecule has 38 heavy (non-hydrogen) atoms. The third kappa shape index (κ3) is 6.61. The second-order valence-electron chi connectivity index (χ2n) is 11.8. The maximum Gasteiger partial charge on any atom is 0.141 e. The quantitative estimate of drug-likeness (QED) is 0.307. The molecule has 5 rings (SSSR count). The van der Waals surface area contributed by atoms with Crippen molar-refractivity contribution in [2.75, 3.05) is 31.6 Å². The number of unbranched alkanes of at least 4 members (excludes halogenated alkanes) is 1. The van der Waals surface area contributed by atoms with Gasteiger partial charge < -0.3 is 19.6 Å². The van der Waals surface area contributed by atoms with Crippen LogP contribution in [0.2, 0.25) is 0 Å². The van der Waals surface area contributed by atoms with E-state index in [1.807, 2.05) is 0 Å². The zero-order valence-corrected chi connectivity index (χ0v) is 22.9. The van der Waals surface area contributed by atoms with E-state index in [0.717, 1.165) is 93.3 Å². The average molecular weight is 524 g/mol. The van der Waals surface area contributed by atoms with Crippen LogP contribution in [0.1, 0.15) is 93.3 Å². The number of fused-ring (bicyclic) bond motifs is 1. The van der Waals surface area contributed by atoms with Crippen LogP contribution in [-0.4, -0.2) is 54.1 Å². The third-order valence-corrected chi connectivity index (χ3v) is 8.29. The molecule has 0 radical (unpaired) electrons. The Bertz CT molecular complexity index is 1100. The molecule has 0 amide bonds. The molecule has 0 aliphatic carbocycles. The van der Waals surface area contributed by atoms with Crippen molar-refractivity contribution in [2.45, 2.75) is 95.4 Å². The van der Waals surface area contributed by atoms with E-state index in [-0.39, 0.29) is 23.6 Å². The molecular formula is C31H42FN3O3. The van der Waals surface area contributed by atoms with Crippen LogP contribution in [0, 0.1) is 5.82 Å². The van der Waals surface area contributed by atoms with Crippen molar-refractivity contribution in [1.82, 2.24) is 9.88 Å². The Morgan fingerprint density at radius 2 is 2.13 bits per heavy atom. The molecule has 6 nitrogen and oxygen atoms in total. The highest BCUT2D eigenvalue weighted by Crippen LogP contribution is 2.36. The van der Waals surface area contributed by atoms with Gasteiger partial charge in [0.05, 0.1) is 18.2 Å². The number of nitrogens with one attached hydrogen (secondary N) is 1. The number of pyridine rings is 1. The molecule has 3 aliphatic heterocycles. The molecule has 1 aromatic heterocycles. The maximum atomic E-state index is 14.2. The Balaban J connectivity index is 1.10. The Kier molecular flexibility index (Phi) is 8.76. The van der Waals surface area contributed by atoms with Gasteiger partial charge in [0.1, 0.15) is 17.9 Å². The van der Waals surface area contributed by atoms with E-state index in [0.29, 0.717) is 19.8 Å². The number of nitrogens with zero attached hydrogens (tertiary/aromatic N) is 2. The fourth-order valence-electron chi connectivity index (χ4n) is 6.05. The predicted molar refractivity (Wildman–Crippen MR) is 147 cm³/mol. The number of ether oxygens (including phenoxy) is 2. The van der Waals surface area contributed by atoms with Gasteiger partial charge in [0.2, 0.25) is 0 Å². The summed E-state index contributed by atoms with van der Waals surface area (Å²) in [7, 11) is 0. The lowest BCUT2D eigenvalue weighted by atomic mass is 9.91. The van der Waals surface area contributed by atoms with Gasteiger partial charge in [-0.15, -0.1) is 0 Å². The molecule has 7 heteroatoms. The van der Waals surface area contributed by atoms with E-state index in [1.165, 1.54) is 17.7 Å². The zero-order valence-electron chi connectivity index (χ0n) is 22.9. The number of hydrogen-bond acceptors (Lipinski definition) is 6. The summed E-state index contributed by atoms with van der Waals surface area (Å²) in [6.45, 7) is 7.30. The van der Waals surface area contributed by atoms with E-state index in [4.69, 9.17) is 14.5 Å². The Hall–Kier alpha value is -2.35. The number of halogens is 1. The molecule has 0 saturated carbocycles. The number of aryl methyl sites for hydroxylation is 2. The minimum Gasteiger partial charge on any atom is -0.377 e. The number of likely N-dealkylation sites (tertiary alicyclic amines) is 1. The molecular weight excluding hydrogens is 481 g/mol. The zero-order chi connectivity index (χ0) is 26.5. The van der Waals surface area contributed by atoms with E-state index in [2.05, 4.69) is 36.2 Å². The highest BCUT2D eigenvalue weighted by molar-refractivity contribution is 5.63. The van der Waals surface area contributed by atoms with Gasteiger partial charge in [-0.1, -0.05) is 12.1 Å². The Morgan fingerprint density at radius 1 is 1.24 bits per heavy atom. The first-order valence-electron chi connectivity index (χ1n) is 14.4. The monoisotopic (exact) mass is 523 g/mol. The topological polar surface area (TPSA) is 63.7 Å². The van der Waals surface area contributed by atoms with Gasteiger partial charge in [0, 0.05) is 37.5 Å². The summed E-state index contributed by atoms with van der Waals surface area (Å²) in [5.41, 5.74) is 4.23. The van der Waals surface area contributed by atoms with E-state index in [9.17, 15) is 9.18 Å². The van der Waals surface area contributed by atoms with Crippen molar-refractivity contribution < 1.29 is 18.7 Å². The number of rotatable bonds is 10. The lowest BCUT2D eigenvalue weighted by molar-refractivity contribution is -0.112. The average Bonchev–Trinajstić information content (AvgIpc) is 3.37. The molecule has 1 N–H and O–H groups in total. The van der Waals surface area contributed by atoms with E-state index >= 15 is 0 Å². The van der Waals surface area contributed by atoms with Crippen molar-refractivity contribution in [3.05, 3.63) is 58.5 Å². The number of carbonyl (C=O) groups excluding carboxylic acids is 1. The van der Waals surface area contributed by atoms with E-state index in [1.54, 1.807) is 6.07 Å². The second-order valence-corrected chi connectivity index (χ2v) is 11.8. The summed E-state index contributed by atoms with van der Waals surface area (Å²) in [5, 5.41) is 3.58. The summed E-state index contributed by atoms with van der Waals surface area (Å²) in [4.78, 5) is 19.2. The first-order valence-corrected chi connectivity index (χ1v) is 14.4. The second kappa shape index (κ2) is 12.2. The highest BCUT2D eigenvalue weighted by Gasteiger charge is 2.32. The number of benzene rings is 1. The Labute approximate surface area is 226 Å². The van der Waals surface area contributed by atoms with Gasteiger partial charge in [0.25, 0.3) is 0 Å². The molecule has 206 valence electrons. The van der Waals surface area contributed by atoms with Crippen LogP contribution in [0.15, 0.2) is 30.3 Å². The van der Waals surface area contributed by atoms with Crippen LogP contribution in [-0.2, 0) is 27.1 Å². The first-order chi connectivity index (χ1) is 18.4. The highest BCUT2D eigenvalue weighted by atomic mass is 19.1. The molecule has 2 saturated heterocycles. The fraction of sp³-hybridized carbons (Fsp3) is 0.613. The summed E-state index contributed by atoms with van der Waals surface area (Å²) in [6.07, 6.45) is 10.0. The minimum atomic E-state index is -0.478. The SMILES string of the molecule is CC1(C)CCc2ccc(CCCCO[C@@H]3CCN(C(C=O)c4cc(F)ccc4[C@@H]4CCCCO4)C3)nc2N1. The minimum absolute atomic E-state index is 0.0664. The standard InChI is InChI=1S/C31H42FN3O3/c1-31(2)15-13-22-9-11-24(33-30(22)34-31)7-3-5-17-37-25-14-16-35(20-25)28(21-36)27-19-23(32)10-12-26(27)29-8-4-6-18-38-29/h9-12,19,21,25,28-29H,3-8,13-18,20H2,1-2H3,(H,33,34)/t25-,28?,29+/m1/s1. The summed E-state index contributed by atoms with van der Waals surface area (Å²) < 4.78 is 26.4. The summed E-state index contributed by atoms with van der Waals surface area (Å²) >= 11 is 0. The Morgan fingerprint density at radius 3 is 2.95 bits per heavy atom. The van der Waals surface area contributed by atoms with Crippen LogP contribution in [0.5, 0.6) is 0 Å². The van der Waals surface area contributed by atoms with Crippen LogP contribution in [0.4, 0.5) is 10.2 Å². The molecule has 0 spiro atoms. The smallest absolute Gasteiger partial charge is 0.141 e. The summed E-state index contributed by atoms with van der Waals surface area (Å²) in [5.74, 6) is 0.730. The maximum absolute atomic E-state index is 14.2. The molecule has 2 aromatic rings. The molecule has 4 heterocycles. The van der Waals surface area contributed by atoms with Crippen molar-refractivity contribution in [3.8, 4) is 0 Å². The molecule has 3 atom stereocenters. The first kappa shape index (κ1) is 27.2. The van der Waals surface area contributed by atoms with Crippen molar-refractivity contribution in [1.29, 1.82) is 0 Å². The van der Waals surface area contributed by atoms with E-state index < -0.39 is 6.04 Å². The number of anilines is 1. The lowest BCUT2D eigenvalue weighted by Gasteiger charge is -2.33. The molecule has 3 aliphatic rings. The van der Waals surface area contributed by atoms with Gasteiger partial charge >= 0.3 is 0 Å². The van der Waals surface area contributed by atoms with Gasteiger partial charge in [-0.3, -0.25) is 4.90 Å². The number of aromatic nitrogens is 1. The molecule has 2 fully saturated rings. The van der Waals surface area contributed by atoms with Crippen molar-refractivity contribution >= 4 is 12.1 Å². The van der Waals surface area contributed by atoms with Crippen LogP contribution in [0.3, 0.4) is 0 Å². The van der Waals surface area contributed by atoms with Gasteiger partial charge in [0.15, 0.2) is 0 Å². The van der Waals surface area contributed by atoms with Crippen LogP contribution >= 0.6 is 0 Å². The molecule has 1 aromatic carbocycles. The van der Waals surface area contributed by atoms with Crippen molar-refractivity contribution in [3.63, 3.8) is 0 Å². The van der Waals surface area contributed by atoms with Gasteiger partial charge in [-0.05, 0) is 107 Å². The number of hydrogen-bond donors (Lipinski definition) is 1. The normalized spacial score (nSPS) is 24.0. The largest absolute Gasteiger partial charge is 0.377 e. The third-order valence-electron chi connectivity index (χ3n) is 8.29. The van der Waals surface area contributed by atoms with Gasteiger partial charge in [-0.2, -0.15) is 0 Å². The lowest BCUT2D eigenvalue weighted by Crippen LogP contribution is -2.35.